The van der Waals surface area contributed by atoms with Crippen LogP contribution in [0.25, 0.3) is 0 Å². The zero-order valence-electron chi connectivity index (χ0n) is 9.47. The first kappa shape index (κ1) is 15.3. The van der Waals surface area contributed by atoms with Gasteiger partial charge in [0.05, 0.1) is 6.04 Å². The normalized spacial score (nSPS) is 20.5. The average molecular weight is 288 g/mol. The van der Waals surface area contributed by atoms with Crippen LogP contribution in [0.15, 0.2) is 0 Å². The second kappa shape index (κ2) is 5.93. The molecule has 1 fully saturated rings. The molecule has 0 bridgehead atoms. The maximum Gasteiger partial charge on any atom is 0.395 e. The second-order valence-corrected chi connectivity index (χ2v) is 8.41. The summed E-state index contributed by atoms with van der Waals surface area (Å²) in [4.78, 5) is 36.0. The highest BCUT2D eigenvalue weighted by atomic mass is 31.2. The molecule has 0 aromatic carbocycles. The van der Waals surface area contributed by atoms with Crippen molar-refractivity contribution >= 4 is 15.2 Å². The third-order valence-electron chi connectivity index (χ3n) is 3.03. The van der Waals surface area contributed by atoms with E-state index in [2.05, 4.69) is 0 Å². The van der Waals surface area contributed by atoms with Crippen molar-refractivity contribution in [1.82, 2.24) is 0 Å². The fraction of sp³-hybridized carbons (Fsp3) is 1.00. The lowest BCUT2D eigenvalue weighted by Gasteiger charge is -2.22. The highest BCUT2D eigenvalue weighted by Gasteiger charge is 2.48. The molecule has 0 aromatic rings. The molecule has 0 heterocycles. The van der Waals surface area contributed by atoms with Crippen LogP contribution < -0.4 is 5.32 Å². The van der Waals surface area contributed by atoms with Crippen molar-refractivity contribution in [2.75, 3.05) is 0 Å². The van der Waals surface area contributed by atoms with E-state index in [1.165, 1.54) is 5.32 Å². The van der Waals surface area contributed by atoms with E-state index in [1.54, 1.807) is 0 Å². The maximum atomic E-state index is 11.1. The van der Waals surface area contributed by atoms with Crippen molar-refractivity contribution in [2.24, 2.45) is 0 Å². The zero-order valence-corrected chi connectivity index (χ0v) is 11.3. The molecule has 0 aliphatic heterocycles. The fourth-order valence-corrected chi connectivity index (χ4v) is 4.67. The van der Waals surface area contributed by atoms with Gasteiger partial charge < -0.3 is 24.9 Å². The van der Waals surface area contributed by atoms with Crippen molar-refractivity contribution in [3.05, 3.63) is 0 Å². The Morgan fingerprint density at radius 1 is 0.882 bits per heavy atom. The number of nitrogens with two attached hydrogens (primary N) is 1. The molecule has 0 radical (unpaired) electrons. The molecule has 102 valence electrons. The van der Waals surface area contributed by atoms with E-state index in [4.69, 9.17) is 19.6 Å². The van der Waals surface area contributed by atoms with Gasteiger partial charge in [-0.2, -0.15) is 0 Å². The summed E-state index contributed by atoms with van der Waals surface area (Å²) < 4.78 is 22.2. The molecule has 7 nitrogen and oxygen atoms in total. The molecule has 1 saturated carbocycles. The van der Waals surface area contributed by atoms with Crippen LogP contribution in [-0.2, 0) is 9.13 Å². The summed E-state index contributed by atoms with van der Waals surface area (Å²) in [7, 11) is -9.59. The smallest absolute Gasteiger partial charge is 0.321 e. The van der Waals surface area contributed by atoms with E-state index >= 15 is 0 Å². The summed E-state index contributed by atoms with van der Waals surface area (Å²) in [6.45, 7) is 0. The molecule has 9 heteroatoms. The minimum absolute atomic E-state index is 0.109. The molecule has 0 aromatic heterocycles. The minimum atomic E-state index is -4.80. The second-order valence-electron chi connectivity index (χ2n) is 4.54. The van der Waals surface area contributed by atoms with Gasteiger partial charge in [0, 0.05) is 0 Å². The summed E-state index contributed by atoms with van der Waals surface area (Å²) in [6.07, 6.45) is 5.51. The molecule has 0 unspecified atom stereocenters. The summed E-state index contributed by atoms with van der Waals surface area (Å²) in [5.74, 6) is 0. The van der Waals surface area contributed by atoms with Gasteiger partial charge in [-0.25, -0.2) is 0 Å². The molecule has 17 heavy (non-hydrogen) atoms. The summed E-state index contributed by atoms with van der Waals surface area (Å²) >= 11 is 0. The number of quaternary nitrogens is 1. The number of rotatable bonds is 4. The molecular weight excluding hydrogens is 268 g/mol. The van der Waals surface area contributed by atoms with Gasteiger partial charge in [0.2, 0.25) is 0 Å². The van der Waals surface area contributed by atoms with Gasteiger partial charge in [0.25, 0.3) is 5.52 Å². The lowest BCUT2D eigenvalue weighted by atomic mass is 10.1. The van der Waals surface area contributed by atoms with Gasteiger partial charge in [0.1, 0.15) is 0 Å². The van der Waals surface area contributed by atoms with Crippen molar-refractivity contribution in [1.29, 1.82) is 0 Å². The van der Waals surface area contributed by atoms with E-state index in [-0.39, 0.29) is 6.04 Å². The fourth-order valence-electron chi connectivity index (χ4n) is 2.17. The van der Waals surface area contributed by atoms with Gasteiger partial charge >= 0.3 is 15.2 Å². The first-order chi connectivity index (χ1) is 7.71. The molecule has 1 rings (SSSR count). The Balaban J connectivity index is 2.72. The standard InChI is InChI=1S/C8H19NO6P2/c10-16(11,12)8(17(13,14)15)9-7-5-3-1-2-4-6-7/h7-9H,1-6H2,(H2,10,11,12)(H2,13,14,15)/p+1. The van der Waals surface area contributed by atoms with Crippen LogP contribution in [0.5, 0.6) is 0 Å². The molecule has 0 atom stereocenters. The highest BCUT2D eigenvalue weighted by Crippen LogP contribution is 2.56. The minimum Gasteiger partial charge on any atom is -0.321 e. The van der Waals surface area contributed by atoms with Crippen LogP contribution in [-0.4, -0.2) is 31.1 Å². The van der Waals surface area contributed by atoms with E-state index in [0.29, 0.717) is 0 Å². The molecule has 1 aliphatic carbocycles. The van der Waals surface area contributed by atoms with Gasteiger partial charge in [-0.3, -0.25) is 9.13 Å². The molecule has 6 N–H and O–H groups in total. The molecule has 0 saturated heterocycles. The van der Waals surface area contributed by atoms with Gasteiger partial charge in [-0.05, 0) is 25.7 Å². The Bertz CT molecular complexity index is 307. The number of hydrogen-bond acceptors (Lipinski definition) is 2. The predicted molar refractivity (Wildman–Crippen MR) is 61.3 cm³/mol. The summed E-state index contributed by atoms with van der Waals surface area (Å²) in [6, 6.07) is -0.109. The van der Waals surface area contributed by atoms with Crippen molar-refractivity contribution in [3.63, 3.8) is 0 Å². The van der Waals surface area contributed by atoms with E-state index in [1.807, 2.05) is 0 Å². The SMILES string of the molecule is O=P(O)(O)C([NH2+]C1CCCCCC1)P(=O)(O)O. The largest absolute Gasteiger partial charge is 0.395 e. The Labute approximate surface area is 99.9 Å². The third-order valence-corrected chi connectivity index (χ3v) is 6.56. The van der Waals surface area contributed by atoms with Crippen LogP contribution in [0.4, 0.5) is 0 Å². The zero-order chi connectivity index (χ0) is 13.1. The molecule has 0 amide bonds. The van der Waals surface area contributed by atoms with Crippen LogP contribution >= 0.6 is 15.2 Å². The van der Waals surface area contributed by atoms with Crippen LogP contribution in [0, 0.1) is 0 Å². The Morgan fingerprint density at radius 3 is 1.65 bits per heavy atom. The van der Waals surface area contributed by atoms with Crippen LogP contribution in [0.2, 0.25) is 0 Å². The van der Waals surface area contributed by atoms with Crippen molar-refractivity contribution in [2.45, 2.75) is 50.1 Å². The topological polar surface area (TPSA) is 132 Å². The van der Waals surface area contributed by atoms with E-state index < -0.39 is 20.7 Å². The molecule has 0 spiro atoms. The van der Waals surface area contributed by atoms with Gasteiger partial charge in [0.15, 0.2) is 0 Å². The third kappa shape index (κ3) is 5.18. The van der Waals surface area contributed by atoms with E-state index in [9.17, 15) is 9.13 Å². The Kier molecular flexibility index (Phi) is 5.35. The van der Waals surface area contributed by atoms with Crippen LogP contribution in [0.1, 0.15) is 38.5 Å². The lowest BCUT2D eigenvalue weighted by Crippen LogP contribution is -2.94. The molecule has 1 aliphatic rings. The molecular formula is C8H20NO6P2+. The quantitative estimate of drug-likeness (QED) is 0.363. The van der Waals surface area contributed by atoms with Crippen LogP contribution in [0.3, 0.4) is 0 Å². The first-order valence-corrected chi connectivity index (χ1v) is 9.03. The van der Waals surface area contributed by atoms with Crippen molar-refractivity contribution in [3.8, 4) is 0 Å². The lowest BCUT2D eigenvalue weighted by molar-refractivity contribution is -0.691. The first-order valence-electron chi connectivity index (χ1n) is 5.66. The maximum absolute atomic E-state index is 11.1. The number of hydrogen-bond donors (Lipinski definition) is 5. The Morgan fingerprint density at radius 2 is 1.29 bits per heavy atom. The monoisotopic (exact) mass is 288 g/mol. The highest BCUT2D eigenvalue weighted by molar-refractivity contribution is 7.70. The Hall–Kier alpha value is 0.260. The summed E-state index contributed by atoms with van der Waals surface area (Å²) in [5.41, 5.74) is -1.95. The van der Waals surface area contributed by atoms with Crippen molar-refractivity contribution < 1.29 is 34.0 Å². The van der Waals surface area contributed by atoms with Gasteiger partial charge in [-0.15, -0.1) is 0 Å². The van der Waals surface area contributed by atoms with E-state index in [0.717, 1.165) is 38.5 Å². The van der Waals surface area contributed by atoms with Gasteiger partial charge in [-0.1, -0.05) is 12.8 Å². The average Bonchev–Trinajstić information content (AvgIpc) is 2.38. The summed E-state index contributed by atoms with van der Waals surface area (Å²) in [5, 5.41) is 1.19. The predicted octanol–water partition coefficient (Wildman–Crippen LogP) is -0.0884.